The number of rotatable bonds is 3. The Morgan fingerprint density at radius 1 is 1.33 bits per heavy atom. The van der Waals surface area contributed by atoms with Gasteiger partial charge in [0, 0.05) is 5.69 Å². The van der Waals surface area contributed by atoms with Crippen LogP contribution in [0.1, 0.15) is 26.5 Å². The molecule has 0 fully saturated rings. The number of nitrogens with zero attached hydrogens (tertiary/aromatic N) is 1. The molecule has 0 spiro atoms. The van der Waals surface area contributed by atoms with Crippen molar-refractivity contribution in [2.45, 2.75) is 6.92 Å². The normalized spacial score (nSPS) is 10.1. The minimum Gasteiger partial charge on any atom is -0.477 e. The minimum absolute atomic E-state index is 0.134. The van der Waals surface area contributed by atoms with E-state index in [0.29, 0.717) is 5.69 Å². The third-order valence-corrected chi connectivity index (χ3v) is 2.46. The molecular weight excluding hydrogens is 234 g/mol. The van der Waals surface area contributed by atoms with Gasteiger partial charge >= 0.3 is 5.97 Å². The molecule has 1 heterocycles. The van der Waals surface area contributed by atoms with Crippen LogP contribution in [0.15, 0.2) is 30.6 Å². The van der Waals surface area contributed by atoms with Gasteiger partial charge in [-0.3, -0.25) is 4.79 Å². The Hall–Kier alpha value is -2.63. The van der Waals surface area contributed by atoms with Gasteiger partial charge < -0.3 is 15.4 Å². The lowest BCUT2D eigenvalue weighted by Crippen LogP contribution is -2.17. The molecule has 92 valence electrons. The van der Waals surface area contributed by atoms with Crippen LogP contribution in [0.4, 0.5) is 5.69 Å². The maximum atomic E-state index is 11.9. The molecule has 6 nitrogen and oxygen atoms in total. The van der Waals surface area contributed by atoms with Crippen molar-refractivity contribution in [1.82, 2.24) is 9.97 Å². The first-order valence-electron chi connectivity index (χ1n) is 5.23. The second kappa shape index (κ2) is 4.70. The number of amides is 1. The highest BCUT2D eigenvalue weighted by Crippen LogP contribution is 2.15. The number of carbonyl (C=O) groups is 2. The molecule has 2 rings (SSSR count). The van der Waals surface area contributed by atoms with Crippen molar-refractivity contribution in [2.24, 2.45) is 0 Å². The standard InChI is InChI=1S/C12H11N3O3/c1-7-4-2-3-5-8(7)15-11(16)9-10(12(17)18)14-6-13-9/h2-6H,1H3,(H,13,14)(H,15,16)(H,17,18). The van der Waals surface area contributed by atoms with Crippen molar-refractivity contribution in [2.75, 3.05) is 5.32 Å². The highest BCUT2D eigenvalue weighted by Gasteiger charge is 2.19. The Bertz CT molecular complexity index is 604. The summed E-state index contributed by atoms with van der Waals surface area (Å²) >= 11 is 0. The second-order valence-corrected chi connectivity index (χ2v) is 3.70. The number of H-pyrrole nitrogens is 1. The molecule has 0 bridgehead atoms. The first kappa shape index (κ1) is 11.8. The van der Waals surface area contributed by atoms with Crippen LogP contribution in [0.25, 0.3) is 0 Å². The monoisotopic (exact) mass is 245 g/mol. The summed E-state index contributed by atoms with van der Waals surface area (Å²) in [4.78, 5) is 28.9. The molecule has 0 aliphatic carbocycles. The first-order chi connectivity index (χ1) is 8.59. The first-order valence-corrected chi connectivity index (χ1v) is 5.23. The number of imidazole rings is 1. The molecule has 6 heteroatoms. The molecular formula is C12H11N3O3. The van der Waals surface area contributed by atoms with Crippen LogP contribution < -0.4 is 5.32 Å². The average Bonchev–Trinajstić information content (AvgIpc) is 2.81. The predicted octanol–water partition coefficient (Wildman–Crippen LogP) is 1.67. The van der Waals surface area contributed by atoms with E-state index in [4.69, 9.17) is 5.11 Å². The van der Waals surface area contributed by atoms with Gasteiger partial charge in [-0.25, -0.2) is 9.78 Å². The number of hydrogen-bond acceptors (Lipinski definition) is 3. The number of carboxylic acid groups (broad SMARTS) is 1. The summed E-state index contributed by atoms with van der Waals surface area (Å²) in [6, 6.07) is 7.21. The van der Waals surface area contributed by atoms with Gasteiger partial charge in [0.15, 0.2) is 11.4 Å². The Morgan fingerprint density at radius 2 is 2.06 bits per heavy atom. The third kappa shape index (κ3) is 2.22. The molecule has 0 aliphatic heterocycles. The van der Waals surface area contributed by atoms with Gasteiger partial charge in [0.05, 0.1) is 6.33 Å². The zero-order chi connectivity index (χ0) is 13.1. The van der Waals surface area contributed by atoms with E-state index in [1.807, 2.05) is 19.1 Å². The number of para-hydroxylation sites is 1. The molecule has 3 N–H and O–H groups in total. The highest BCUT2D eigenvalue weighted by molar-refractivity contribution is 6.08. The number of hydrogen-bond donors (Lipinski definition) is 3. The minimum atomic E-state index is -1.22. The van der Waals surface area contributed by atoms with Crippen LogP contribution in [0.5, 0.6) is 0 Å². The van der Waals surface area contributed by atoms with E-state index in [2.05, 4.69) is 15.3 Å². The molecule has 0 unspecified atom stereocenters. The highest BCUT2D eigenvalue weighted by atomic mass is 16.4. The molecule has 0 aliphatic rings. The van der Waals surface area contributed by atoms with Gasteiger partial charge in [-0.05, 0) is 18.6 Å². The number of anilines is 1. The number of aromatic carboxylic acids is 1. The largest absolute Gasteiger partial charge is 0.477 e. The molecule has 18 heavy (non-hydrogen) atoms. The fourth-order valence-electron chi connectivity index (χ4n) is 1.52. The lowest BCUT2D eigenvalue weighted by molar-refractivity contribution is 0.0686. The predicted molar refractivity (Wildman–Crippen MR) is 64.7 cm³/mol. The number of aromatic amines is 1. The summed E-state index contributed by atoms with van der Waals surface area (Å²) in [5.41, 5.74) is 1.16. The van der Waals surface area contributed by atoms with Crippen LogP contribution in [0.3, 0.4) is 0 Å². The molecule has 1 amide bonds. The van der Waals surface area contributed by atoms with Crippen LogP contribution >= 0.6 is 0 Å². The zero-order valence-corrected chi connectivity index (χ0v) is 9.60. The third-order valence-electron chi connectivity index (χ3n) is 2.46. The summed E-state index contributed by atoms with van der Waals surface area (Å²) in [7, 11) is 0. The average molecular weight is 245 g/mol. The van der Waals surface area contributed by atoms with Crippen LogP contribution in [0.2, 0.25) is 0 Å². The topological polar surface area (TPSA) is 95.1 Å². The Balaban J connectivity index is 2.25. The van der Waals surface area contributed by atoms with E-state index in [1.165, 1.54) is 6.33 Å². The Morgan fingerprint density at radius 3 is 2.72 bits per heavy atom. The van der Waals surface area contributed by atoms with Crippen molar-refractivity contribution >= 4 is 17.6 Å². The van der Waals surface area contributed by atoms with Crippen molar-refractivity contribution in [3.63, 3.8) is 0 Å². The van der Waals surface area contributed by atoms with E-state index in [0.717, 1.165) is 5.56 Å². The SMILES string of the molecule is Cc1ccccc1NC(=O)c1nc[nH]c1C(=O)O. The fourth-order valence-corrected chi connectivity index (χ4v) is 1.52. The summed E-state index contributed by atoms with van der Waals surface area (Å²) in [6.45, 7) is 1.85. The van der Waals surface area contributed by atoms with Crippen molar-refractivity contribution in [1.29, 1.82) is 0 Å². The van der Waals surface area contributed by atoms with Crippen LogP contribution in [-0.4, -0.2) is 27.0 Å². The number of carboxylic acids is 1. The van der Waals surface area contributed by atoms with Crippen LogP contribution in [0, 0.1) is 6.92 Å². The molecule has 0 saturated heterocycles. The summed E-state index contributed by atoms with van der Waals surface area (Å²) in [5.74, 6) is -1.77. The number of carbonyl (C=O) groups excluding carboxylic acids is 1. The summed E-state index contributed by atoms with van der Waals surface area (Å²) < 4.78 is 0. The Kier molecular flexibility index (Phi) is 3.09. The van der Waals surface area contributed by atoms with E-state index in [-0.39, 0.29) is 11.4 Å². The molecule has 0 radical (unpaired) electrons. The molecule has 1 aromatic carbocycles. The van der Waals surface area contributed by atoms with Crippen molar-refractivity contribution in [3.05, 3.63) is 47.5 Å². The van der Waals surface area contributed by atoms with Gasteiger partial charge in [0.25, 0.3) is 5.91 Å². The van der Waals surface area contributed by atoms with Crippen molar-refractivity contribution in [3.8, 4) is 0 Å². The van der Waals surface area contributed by atoms with Gasteiger partial charge in [-0.15, -0.1) is 0 Å². The summed E-state index contributed by atoms with van der Waals surface area (Å²) in [6.07, 6.45) is 1.18. The smallest absolute Gasteiger partial charge is 0.354 e. The van der Waals surface area contributed by atoms with Crippen LogP contribution in [-0.2, 0) is 0 Å². The molecule has 2 aromatic rings. The molecule has 1 aromatic heterocycles. The molecule has 0 saturated carbocycles. The van der Waals surface area contributed by atoms with Gasteiger partial charge in [-0.2, -0.15) is 0 Å². The molecule has 0 atom stereocenters. The number of aryl methyl sites for hydroxylation is 1. The van der Waals surface area contributed by atoms with Crippen molar-refractivity contribution < 1.29 is 14.7 Å². The maximum absolute atomic E-state index is 11.9. The van der Waals surface area contributed by atoms with E-state index in [9.17, 15) is 9.59 Å². The Labute approximate surface area is 103 Å². The number of aromatic nitrogens is 2. The summed E-state index contributed by atoms with van der Waals surface area (Å²) in [5, 5.41) is 11.5. The fraction of sp³-hybridized carbons (Fsp3) is 0.0833. The van der Waals surface area contributed by atoms with Gasteiger partial charge in [-0.1, -0.05) is 18.2 Å². The lowest BCUT2D eigenvalue weighted by Gasteiger charge is -2.06. The van der Waals surface area contributed by atoms with Gasteiger partial charge in [0.2, 0.25) is 0 Å². The van der Waals surface area contributed by atoms with E-state index < -0.39 is 11.9 Å². The number of nitrogens with one attached hydrogen (secondary N) is 2. The zero-order valence-electron chi connectivity index (χ0n) is 9.60. The maximum Gasteiger partial charge on any atom is 0.354 e. The number of benzene rings is 1. The van der Waals surface area contributed by atoms with E-state index >= 15 is 0 Å². The van der Waals surface area contributed by atoms with Gasteiger partial charge in [0.1, 0.15) is 0 Å². The second-order valence-electron chi connectivity index (χ2n) is 3.70. The van der Waals surface area contributed by atoms with E-state index in [1.54, 1.807) is 12.1 Å². The quantitative estimate of drug-likeness (QED) is 0.766. The lowest BCUT2D eigenvalue weighted by atomic mass is 10.2.